The zero-order chi connectivity index (χ0) is 16.2. The Morgan fingerprint density at radius 2 is 2.22 bits per heavy atom. The smallest absolute Gasteiger partial charge is 0.219 e. The summed E-state index contributed by atoms with van der Waals surface area (Å²) in [6, 6.07) is 8.13. The fraction of sp³-hybridized carbons (Fsp3) is 0.412. The Hall–Kier alpha value is -2.34. The minimum Gasteiger partial charge on any atom is -0.496 e. The zero-order valence-corrected chi connectivity index (χ0v) is 13.5. The van der Waals surface area contributed by atoms with E-state index in [4.69, 9.17) is 4.74 Å². The van der Waals surface area contributed by atoms with Gasteiger partial charge in [-0.25, -0.2) is 4.98 Å². The predicted molar refractivity (Wildman–Crippen MR) is 87.0 cm³/mol. The van der Waals surface area contributed by atoms with E-state index in [1.165, 1.54) is 0 Å². The van der Waals surface area contributed by atoms with Crippen LogP contribution in [-0.2, 0) is 11.3 Å². The van der Waals surface area contributed by atoms with Crippen molar-refractivity contribution < 1.29 is 9.53 Å². The summed E-state index contributed by atoms with van der Waals surface area (Å²) in [4.78, 5) is 23.3. The Labute approximate surface area is 136 Å². The molecule has 1 fully saturated rings. The molecule has 0 saturated carbocycles. The third kappa shape index (κ3) is 3.37. The molecule has 0 spiro atoms. The van der Waals surface area contributed by atoms with Crippen molar-refractivity contribution in [2.45, 2.75) is 19.5 Å². The SMILES string of the molecule is COc1ccccc1[C@@H]1CN(C(C)=O)CCN1Cc1cnc[nH]1. The van der Waals surface area contributed by atoms with E-state index < -0.39 is 0 Å². The second kappa shape index (κ2) is 6.83. The molecule has 0 aliphatic carbocycles. The van der Waals surface area contributed by atoms with Gasteiger partial charge in [-0.3, -0.25) is 9.69 Å². The minimum absolute atomic E-state index is 0.104. The van der Waals surface area contributed by atoms with Crippen LogP contribution in [0.3, 0.4) is 0 Å². The van der Waals surface area contributed by atoms with Gasteiger partial charge in [0.15, 0.2) is 0 Å². The van der Waals surface area contributed by atoms with Crippen LogP contribution in [0.2, 0.25) is 0 Å². The molecule has 6 heteroatoms. The Balaban J connectivity index is 1.89. The number of nitrogens with one attached hydrogen (secondary N) is 1. The lowest BCUT2D eigenvalue weighted by Crippen LogP contribution is -2.49. The van der Waals surface area contributed by atoms with Gasteiger partial charge in [-0.05, 0) is 6.07 Å². The van der Waals surface area contributed by atoms with Crippen LogP contribution in [0, 0.1) is 0 Å². The first-order valence-corrected chi connectivity index (χ1v) is 7.78. The molecule has 1 aliphatic heterocycles. The van der Waals surface area contributed by atoms with Crippen molar-refractivity contribution >= 4 is 5.91 Å². The van der Waals surface area contributed by atoms with Crippen LogP contribution in [0.1, 0.15) is 24.2 Å². The van der Waals surface area contributed by atoms with Gasteiger partial charge >= 0.3 is 0 Å². The molecule has 1 aromatic carbocycles. The summed E-state index contributed by atoms with van der Waals surface area (Å²) in [5.74, 6) is 0.976. The molecule has 1 amide bonds. The van der Waals surface area contributed by atoms with Gasteiger partial charge in [-0.15, -0.1) is 0 Å². The molecule has 1 aromatic heterocycles. The van der Waals surface area contributed by atoms with E-state index >= 15 is 0 Å². The number of benzene rings is 1. The molecule has 122 valence electrons. The highest BCUT2D eigenvalue weighted by atomic mass is 16.5. The molecular weight excluding hydrogens is 292 g/mol. The van der Waals surface area contributed by atoms with Crippen molar-refractivity contribution in [1.29, 1.82) is 0 Å². The van der Waals surface area contributed by atoms with E-state index in [1.807, 2.05) is 29.3 Å². The molecule has 2 aromatic rings. The van der Waals surface area contributed by atoms with Crippen LogP contribution < -0.4 is 4.74 Å². The standard InChI is InChI=1S/C17H22N4O2/c1-13(22)20-7-8-21(10-14-9-18-12-19-14)16(11-20)15-5-3-4-6-17(15)23-2/h3-6,9,12,16H,7-8,10-11H2,1-2H3,(H,18,19)/t16-/m0/s1. The van der Waals surface area contributed by atoms with Crippen LogP contribution in [0.25, 0.3) is 0 Å². The van der Waals surface area contributed by atoms with Crippen LogP contribution in [-0.4, -0.2) is 52.4 Å². The topological polar surface area (TPSA) is 61.5 Å². The number of rotatable bonds is 4. The Bertz CT molecular complexity index is 656. The molecule has 6 nitrogen and oxygen atoms in total. The number of para-hydroxylation sites is 1. The number of aromatic amines is 1. The second-order valence-electron chi connectivity index (χ2n) is 5.77. The average molecular weight is 314 g/mol. The summed E-state index contributed by atoms with van der Waals surface area (Å²) in [5.41, 5.74) is 2.18. The molecule has 1 N–H and O–H groups in total. The molecule has 1 atom stereocenters. The lowest BCUT2D eigenvalue weighted by molar-refractivity contribution is -0.132. The van der Waals surface area contributed by atoms with Crippen molar-refractivity contribution in [2.24, 2.45) is 0 Å². The number of hydrogen-bond acceptors (Lipinski definition) is 4. The van der Waals surface area contributed by atoms with Gasteiger partial charge in [0.05, 0.1) is 19.5 Å². The number of imidazole rings is 1. The van der Waals surface area contributed by atoms with Crippen LogP contribution in [0.5, 0.6) is 5.75 Å². The summed E-state index contributed by atoms with van der Waals surface area (Å²) < 4.78 is 5.53. The number of carbonyl (C=O) groups excluding carboxylic acids is 1. The quantitative estimate of drug-likeness (QED) is 0.935. The van der Waals surface area contributed by atoms with Gasteiger partial charge in [0, 0.05) is 50.6 Å². The molecular formula is C17H22N4O2. The number of nitrogens with zero attached hydrogens (tertiary/aromatic N) is 3. The maximum absolute atomic E-state index is 11.8. The molecule has 3 rings (SSSR count). The minimum atomic E-state index is 0.104. The van der Waals surface area contributed by atoms with Crippen LogP contribution >= 0.6 is 0 Å². The number of hydrogen-bond donors (Lipinski definition) is 1. The fourth-order valence-electron chi connectivity index (χ4n) is 3.12. The predicted octanol–water partition coefficient (Wildman–Crippen LogP) is 1.82. The maximum atomic E-state index is 11.8. The Kier molecular flexibility index (Phi) is 4.62. The van der Waals surface area contributed by atoms with Gasteiger partial charge in [0.1, 0.15) is 5.75 Å². The van der Waals surface area contributed by atoms with Crippen molar-refractivity contribution in [3.05, 3.63) is 48.0 Å². The Morgan fingerprint density at radius 1 is 1.39 bits per heavy atom. The molecule has 2 heterocycles. The van der Waals surface area contributed by atoms with Crippen LogP contribution in [0.15, 0.2) is 36.8 Å². The van der Waals surface area contributed by atoms with Crippen molar-refractivity contribution in [3.8, 4) is 5.75 Å². The summed E-state index contributed by atoms with van der Waals surface area (Å²) in [6.07, 6.45) is 3.54. The molecule has 0 radical (unpaired) electrons. The van der Waals surface area contributed by atoms with Crippen molar-refractivity contribution in [3.63, 3.8) is 0 Å². The maximum Gasteiger partial charge on any atom is 0.219 e. The number of aromatic nitrogens is 2. The summed E-state index contributed by atoms with van der Waals surface area (Å²) >= 11 is 0. The molecule has 1 saturated heterocycles. The third-order valence-corrected chi connectivity index (χ3v) is 4.36. The highest BCUT2D eigenvalue weighted by Gasteiger charge is 2.31. The van der Waals surface area contributed by atoms with E-state index in [2.05, 4.69) is 20.9 Å². The lowest BCUT2D eigenvalue weighted by atomic mass is 10.0. The number of piperazine rings is 1. The number of H-pyrrole nitrogens is 1. The first-order valence-electron chi connectivity index (χ1n) is 7.78. The molecule has 1 aliphatic rings. The molecule has 0 bridgehead atoms. The van der Waals surface area contributed by atoms with Crippen LogP contribution in [0.4, 0.5) is 0 Å². The van der Waals surface area contributed by atoms with Gasteiger partial charge in [0.2, 0.25) is 5.91 Å². The van der Waals surface area contributed by atoms with Gasteiger partial charge in [-0.1, -0.05) is 18.2 Å². The van der Waals surface area contributed by atoms with Crippen molar-refractivity contribution in [1.82, 2.24) is 19.8 Å². The van der Waals surface area contributed by atoms with E-state index in [-0.39, 0.29) is 11.9 Å². The highest BCUT2D eigenvalue weighted by Crippen LogP contribution is 2.32. The second-order valence-corrected chi connectivity index (χ2v) is 5.77. The summed E-state index contributed by atoms with van der Waals surface area (Å²) in [7, 11) is 1.68. The Morgan fingerprint density at radius 3 is 2.91 bits per heavy atom. The number of amides is 1. The number of methoxy groups -OCH3 is 1. The van der Waals surface area contributed by atoms with E-state index in [1.54, 1.807) is 20.4 Å². The van der Waals surface area contributed by atoms with Gasteiger partial charge < -0.3 is 14.6 Å². The summed E-state index contributed by atoms with van der Waals surface area (Å²) in [6.45, 7) is 4.64. The van der Waals surface area contributed by atoms with Gasteiger partial charge in [0.25, 0.3) is 0 Å². The number of ether oxygens (including phenoxy) is 1. The summed E-state index contributed by atoms with van der Waals surface area (Å²) in [5, 5.41) is 0. The molecule has 23 heavy (non-hydrogen) atoms. The fourth-order valence-corrected chi connectivity index (χ4v) is 3.12. The third-order valence-electron chi connectivity index (χ3n) is 4.36. The first-order chi connectivity index (χ1) is 11.2. The lowest BCUT2D eigenvalue weighted by Gasteiger charge is -2.41. The average Bonchev–Trinajstić information content (AvgIpc) is 3.08. The highest BCUT2D eigenvalue weighted by molar-refractivity contribution is 5.73. The monoisotopic (exact) mass is 314 g/mol. The first kappa shape index (κ1) is 15.6. The zero-order valence-electron chi connectivity index (χ0n) is 13.5. The largest absolute Gasteiger partial charge is 0.496 e. The van der Waals surface area contributed by atoms with Gasteiger partial charge in [-0.2, -0.15) is 0 Å². The van der Waals surface area contributed by atoms with Crippen molar-refractivity contribution in [2.75, 3.05) is 26.7 Å². The molecule has 0 unspecified atom stereocenters. The van der Waals surface area contributed by atoms with E-state index in [0.29, 0.717) is 6.54 Å². The van der Waals surface area contributed by atoms with E-state index in [0.717, 1.165) is 36.6 Å². The normalized spacial score (nSPS) is 18.9. The number of carbonyl (C=O) groups is 1. The van der Waals surface area contributed by atoms with E-state index in [9.17, 15) is 4.79 Å².